The van der Waals surface area contributed by atoms with Gasteiger partial charge in [0, 0.05) is 18.3 Å². The molecule has 13 nitrogen and oxygen atoms in total. The van der Waals surface area contributed by atoms with Crippen molar-refractivity contribution in [2.75, 3.05) is 25.5 Å². The fourth-order valence-corrected chi connectivity index (χ4v) is 5.40. The number of rotatable bonds is 7. The summed E-state index contributed by atoms with van der Waals surface area (Å²) in [6, 6.07) is 7.97. The average Bonchev–Trinajstić information content (AvgIpc) is 3.32. The van der Waals surface area contributed by atoms with E-state index in [-0.39, 0.29) is 25.5 Å². The lowest BCUT2D eigenvalue weighted by atomic mass is 9.88. The maximum absolute atomic E-state index is 12.8. The number of imidazole rings is 1. The fourth-order valence-electron chi connectivity index (χ4n) is 4.21. The minimum Gasteiger partial charge on any atom is -0.508 e. The highest BCUT2D eigenvalue weighted by Crippen LogP contribution is 2.36. The number of nitrogens with two attached hydrogens (primary N) is 1. The highest BCUT2D eigenvalue weighted by molar-refractivity contribution is 7.87. The van der Waals surface area contributed by atoms with Crippen molar-refractivity contribution in [3.8, 4) is 5.75 Å². The SMILES string of the molecule is Nc1ccnc2c1ncn2[C@@H]1O[C@H](CNS(=O)(=O)NC2(c3ccccc3O)COC2)[C@@H](O)[C@H]1O. The molecule has 5 rings (SSSR count). The van der Waals surface area contributed by atoms with Crippen LogP contribution in [0.4, 0.5) is 5.69 Å². The van der Waals surface area contributed by atoms with Crippen molar-refractivity contribution in [3.63, 3.8) is 0 Å². The molecule has 14 heteroatoms. The molecule has 34 heavy (non-hydrogen) atoms. The number of aliphatic hydroxyl groups excluding tert-OH is 2. The van der Waals surface area contributed by atoms with Crippen molar-refractivity contribution in [1.29, 1.82) is 0 Å². The first-order chi connectivity index (χ1) is 16.2. The second-order valence-electron chi connectivity index (χ2n) is 8.32. The number of nitrogens with zero attached hydrogens (tertiary/aromatic N) is 3. The number of phenolic OH excluding ortho intramolecular Hbond substituents is 1. The molecule has 2 fully saturated rings. The quantitative estimate of drug-likeness (QED) is 0.230. The van der Waals surface area contributed by atoms with Crippen molar-refractivity contribution in [2.45, 2.75) is 30.1 Å². The van der Waals surface area contributed by atoms with Crippen molar-refractivity contribution < 1.29 is 33.2 Å². The molecule has 4 heterocycles. The zero-order valence-electron chi connectivity index (χ0n) is 17.8. The number of aliphatic hydroxyl groups is 2. The largest absolute Gasteiger partial charge is 0.508 e. The molecule has 2 aromatic heterocycles. The van der Waals surface area contributed by atoms with Crippen molar-refractivity contribution in [3.05, 3.63) is 48.4 Å². The van der Waals surface area contributed by atoms with Gasteiger partial charge in [0.1, 0.15) is 35.1 Å². The second-order valence-corrected chi connectivity index (χ2v) is 9.82. The van der Waals surface area contributed by atoms with Gasteiger partial charge in [-0.2, -0.15) is 17.9 Å². The van der Waals surface area contributed by atoms with Gasteiger partial charge in [0.25, 0.3) is 10.2 Å². The fraction of sp³-hybridized carbons (Fsp3) is 0.400. The Bertz CT molecular complexity index is 1310. The van der Waals surface area contributed by atoms with Gasteiger partial charge in [-0.05, 0) is 12.1 Å². The Morgan fingerprint density at radius 1 is 1.18 bits per heavy atom. The lowest BCUT2D eigenvalue weighted by Gasteiger charge is -2.42. The molecule has 3 aromatic rings. The van der Waals surface area contributed by atoms with Gasteiger partial charge in [0.2, 0.25) is 0 Å². The third-order valence-electron chi connectivity index (χ3n) is 6.02. The summed E-state index contributed by atoms with van der Waals surface area (Å²) >= 11 is 0. The third kappa shape index (κ3) is 3.88. The van der Waals surface area contributed by atoms with Crippen LogP contribution in [0, 0.1) is 0 Å². The maximum Gasteiger partial charge on any atom is 0.277 e. The number of phenols is 1. The Hall–Kier alpha value is -2.85. The molecule has 0 amide bonds. The summed E-state index contributed by atoms with van der Waals surface area (Å²) in [5, 5.41) is 31.2. The van der Waals surface area contributed by atoms with Crippen molar-refractivity contribution in [2.24, 2.45) is 0 Å². The van der Waals surface area contributed by atoms with Crippen LogP contribution in [0.15, 0.2) is 42.9 Å². The van der Waals surface area contributed by atoms with Gasteiger partial charge in [-0.25, -0.2) is 9.97 Å². The van der Waals surface area contributed by atoms with Gasteiger partial charge in [-0.15, -0.1) is 0 Å². The predicted molar refractivity (Wildman–Crippen MR) is 119 cm³/mol. The molecule has 2 aliphatic rings. The van der Waals surface area contributed by atoms with Crippen LogP contribution in [0.25, 0.3) is 11.2 Å². The van der Waals surface area contributed by atoms with Crippen LogP contribution in [0.3, 0.4) is 0 Å². The number of pyridine rings is 1. The van der Waals surface area contributed by atoms with Crippen LogP contribution in [-0.4, -0.2) is 76.3 Å². The molecule has 0 unspecified atom stereocenters. The second kappa shape index (κ2) is 8.42. The molecular formula is C20H24N6O7S. The lowest BCUT2D eigenvalue weighted by molar-refractivity contribution is -0.0676. The van der Waals surface area contributed by atoms with E-state index in [0.717, 1.165) is 0 Å². The van der Waals surface area contributed by atoms with E-state index in [1.807, 2.05) is 0 Å². The van der Waals surface area contributed by atoms with Crippen LogP contribution in [-0.2, 0) is 25.2 Å². The number of aromatic hydroxyl groups is 1. The van der Waals surface area contributed by atoms with E-state index in [2.05, 4.69) is 19.4 Å². The summed E-state index contributed by atoms with van der Waals surface area (Å²) < 4.78 is 42.9. The highest BCUT2D eigenvalue weighted by atomic mass is 32.2. The molecule has 2 aliphatic heterocycles. The van der Waals surface area contributed by atoms with Gasteiger partial charge in [0.15, 0.2) is 11.9 Å². The summed E-state index contributed by atoms with van der Waals surface area (Å²) in [7, 11) is -4.12. The third-order valence-corrected chi connectivity index (χ3v) is 7.23. The average molecular weight is 493 g/mol. The summed E-state index contributed by atoms with van der Waals surface area (Å²) in [6.45, 7) is -0.249. The van der Waals surface area contributed by atoms with E-state index in [1.54, 1.807) is 24.3 Å². The van der Waals surface area contributed by atoms with Crippen LogP contribution in [0.5, 0.6) is 5.75 Å². The summed E-state index contributed by atoms with van der Waals surface area (Å²) in [4.78, 5) is 8.38. The van der Waals surface area contributed by atoms with E-state index < -0.39 is 40.3 Å². The van der Waals surface area contributed by atoms with Crippen LogP contribution >= 0.6 is 0 Å². The molecule has 0 aliphatic carbocycles. The summed E-state index contributed by atoms with van der Waals surface area (Å²) in [6.07, 6.45) is -2.00. The molecule has 4 atom stereocenters. The Kier molecular flexibility index (Phi) is 5.68. The molecule has 0 spiro atoms. The first kappa shape index (κ1) is 22.9. The van der Waals surface area contributed by atoms with Gasteiger partial charge < -0.3 is 30.5 Å². The normalized spacial score (nSPS) is 26.5. The summed E-state index contributed by atoms with van der Waals surface area (Å²) in [5.74, 6) is -0.0594. The zero-order valence-corrected chi connectivity index (χ0v) is 18.6. The van der Waals surface area contributed by atoms with Gasteiger partial charge in [-0.1, -0.05) is 18.2 Å². The lowest BCUT2D eigenvalue weighted by Crippen LogP contribution is -2.61. The first-order valence-electron chi connectivity index (χ1n) is 10.4. The number of benzene rings is 1. The van der Waals surface area contributed by atoms with E-state index in [4.69, 9.17) is 15.2 Å². The Morgan fingerprint density at radius 2 is 1.94 bits per heavy atom. The molecule has 7 N–H and O–H groups in total. The van der Waals surface area contributed by atoms with E-state index in [9.17, 15) is 23.7 Å². The standard InChI is InChI=1S/C20H24N6O7S/c21-12-5-6-22-18-15(12)23-10-26(18)19-17(29)16(28)14(33-19)7-24-34(30,31)25-20(8-32-9-20)11-3-1-2-4-13(11)27/h1-6,10,14,16-17,19,24-25,27-29H,7-9H2,(H2,21,22)/t14-,16-,17-,19-/m1/s1. The molecule has 0 radical (unpaired) electrons. The molecule has 1 aromatic carbocycles. The molecule has 182 valence electrons. The van der Waals surface area contributed by atoms with Gasteiger partial charge in [-0.3, -0.25) is 4.57 Å². The maximum atomic E-state index is 12.8. The predicted octanol–water partition coefficient (Wildman–Crippen LogP) is -1.31. The smallest absolute Gasteiger partial charge is 0.277 e. The van der Waals surface area contributed by atoms with Gasteiger partial charge in [0.05, 0.1) is 25.2 Å². The number of anilines is 1. The number of hydrogen-bond acceptors (Lipinski definition) is 10. The number of para-hydroxylation sites is 1. The minimum atomic E-state index is -4.12. The topological polar surface area (TPSA) is 194 Å². The van der Waals surface area contributed by atoms with Crippen LogP contribution < -0.4 is 15.2 Å². The molecular weight excluding hydrogens is 468 g/mol. The van der Waals surface area contributed by atoms with Crippen molar-refractivity contribution in [1.82, 2.24) is 24.0 Å². The molecule has 2 saturated heterocycles. The Morgan fingerprint density at radius 3 is 2.65 bits per heavy atom. The number of ether oxygens (including phenoxy) is 2. The van der Waals surface area contributed by atoms with E-state index >= 15 is 0 Å². The number of hydrogen-bond donors (Lipinski definition) is 6. The summed E-state index contributed by atoms with van der Waals surface area (Å²) in [5.41, 5.74) is 6.32. The Labute approximate surface area is 194 Å². The number of nitrogen functional groups attached to an aromatic ring is 1. The van der Waals surface area contributed by atoms with Gasteiger partial charge >= 0.3 is 0 Å². The number of nitrogens with one attached hydrogen (secondary N) is 2. The molecule has 0 bridgehead atoms. The zero-order chi connectivity index (χ0) is 24.1. The van der Waals surface area contributed by atoms with Crippen LogP contribution in [0.1, 0.15) is 11.8 Å². The molecule has 0 saturated carbocycles. The Balaban J connectivity index is 1.29. The first-order valence-corrected chi connectivity index (χ1v) is 11.9. The van der Waals surface area contributed by atoms with Crippen molar-refractivity contribution >= 4 is 27.1 Å². The number of aromatic nitrogens is 3. The minimum absolute atomic E-state index is 0.0403. The van der Waals surface area contributed by atoms with Crippen LogP contribution in [0.2, 0.25) is 0 Å². The van der Waals surface area contributed by atoms with E-state index in [0.29, 0.717) is 22.4 Å². The number of fused-ring (bicyclic) bond motifs is 1. The van der Waals surface area contributed by atoms with E-state index in [1.165, 1.54) is 23.2 Å². The highest BCUT2D eigenvalue weighted by Gasteiger charge is 2.47. The monoisotopic (exact) mass is 492 g/mol.